The predicted octanol–water partition coefficient (Wildman–Crippen LogP) is 1.14. The molecule has 94 valence electrons. The number of amides is 1. The maximum absolute atomic E-state index is 12.4. The largest absolute Gasteiger partial charge is 0.394 e. The molecule has 0 aromatic carbocycles. The van der Waals surface area contributed by atoms with E-state index in [-0.39, 0.29) is 18.6 Å². The van der Waals surface area contributed by atoms with E-state index in [0.717, 1.165) is 12.8 Å². The van der Waals surface area contributed by atoms with Crippen LogP contribution in [-0.4, -0.2) is 40.3 Å². The minimum absolute atomic E-state index is 0.0253. The van der Waals surface area contributed by atoms with Crippen molar-refractivity contribution in [2.24, 2.45) is 0 Å². The minimum atomic E-state index is -0.0582. The fourth-order valence-corrected chi connectivity index (χ4v) is 2.37. The van der Waals surface area contributed by atoms with Gasteiger partial charge in [-0.1, -0.05) is 12.1 Å². The van der Waals surface area contributed by atoms with Crippen LogP contribution in [0.4, 0.5) is 0 Å². The summed E-state index contributed by atoms with van der Waals surface area (Å²) in [6.07, 6.45) is 2.49. The summed E-state index contributed by atoms with van der Waals surface area (Å²) in [6, 6.07) is -0.0542. The third-order valence-corrected chi connectivity index (χ3v) is 3.33. The lowest BCUT2D eigenvalue weighted by Crippen LogP contribution is -2.38. The Balaban J connectivity index is 2.27. The summed E-state index contributed by atoms with van der Waals surface area (Å²) < 4.78 is 5.08. The first-order valence-electron chi connectivity index (χ1n) is 6.06. The van der Waals surface area contributed by atoms with Gasteiger partial charge in [0.2, 0.25) is 0 Å². The lowest BCUT2D eigenvalue weighted by molar-refractivity contribution is 0.0675. The number of rotatable bonds is 3. The van der Waals surface area contributed by atoms with Crippen molar-refractivity contribution < 1.29 is 14.4 Å². The molecule has 0 radical (unpaired) electrons. The first-order valence-corrected chi connectivity index (χ1v) is 6.06. The van der Waals surface area contributed by atoms with Crippen LogP contribution in [0.2, 0.25) is 0 Å². The molecule has 0 saturated carbocycles. The van der Waals surface area contributed by atoms with Crippen molar-refractivity contribution in [3.05, 3.63) is 17.0 Å². The van der Waals surface area contributed by atoms with Gasteiger partial charge in [-0.15, -0.1) is 0 Å². The van der Waals surface area contributed by atoms with Crippen molar-refractivity contribution in [2.75, 3.05) is 13.2 Å². The molecule has 1 atom stereocenters. The molecule has 1 amide bonds. The van der Waals surface area contributed by atoms with Gasteiger partial charge in [-0.25, -0.2) is 0 Å². The Kier molecular flexibility index (Phi) is 3.47. The zero-order valence-corrected chi connectivity index (χ0v) is 10.3. The molecule has 1 N–H and O–H groups in total. The molecule has 1 aromatic rings. The molecule has 1 aromatic heterocycles. The van der Waals surface area contributed by atoms with Gasteiger partial charge in [0, 0.05) is 6.54 Å². The van der Waals surface area contributed by atoms with Crippen molar-refractivity contribution in [1.29, 1.82) is 0 Å². The summed E-state index contributed by atoms with van der Waals surface area (Å²) in [5, 5.41) is 13.1. The van der Waals surface area contributed by atoms with Crippen molar-refractivity contribution in [3.63, 3.8) is 0 Å². The molecular formula is C12H18N2O3. The smallest absolute Gasteiger partial charge is 0.259 e. The average Bonchev–Trinajstić information content (AvgIpc) is 2.93. The summed E-state index contributed by atoms with van der Waals surface area (Å²) in [5.41, 5.74) is 1.28. The summed E-state index contributed by atoms with van der Waals surface area (Å²) in [5.74, 6) is 0.507. The number of hydrogen-bond acceptors (Lipinski definition) is 4. The third kappa shape index (κ3) is 2.07. The quantitative estimate of drug-likeness (QED) is 0.857. The van der Waals surface area contributed by atoms with E-state index in [2.05, 4.69) is 5.16 Å². The number of nitrogens with zero attached hydrogens (tertiary/aromatic N) is 2. The Labute approximate surface area is 100 Å². The van der Waals surface area contributed by atoms with Crippen LogP contribution in [0.25, 0.3) is 0 Å². The molecule has 5 nitrogen and oxygen atoms in total. The van der Waals surface area contributed by atoms with E-state index in [1.54, 1.807) is 11.8 Å². The Morgan fingerprint density at radius 3 is 3.06 bits per heavy atom. The van der Waals surface area contributed by atoms with E-state index < -0.39 is 0 Å². The van der Waals surface area contributed by atoms with Crippen LogP contribution in [0.3, 0.4) is 0 Å². The lowest BCUT2D eigenvalue weighted by atomic mass is 10.1. The van der Waals surface area contributed by atoms with Gasteiger partial charge in [-0.2, -0.15) is 0 Å². The molecule has 0 unspecified atom stereocenters. The average molecular weight is 238 g/mol. The number of aromatic nitrogens is 1. The first kappa shape index (κ1) is 12.1. The fraction of sp³-hybridized carbons (Fsp3) is 0.667. The minimum Gasteiger partial charge on any atom is -0.394 e. The second-order valence-electron chi connectivity index (χ2n) is 4.39. The van der Waals surface area contributed by atoms with Crippen LogP contribution < -0.4 is 0 Å². The summed E-state index contributed by atoms with van der Waals surface area (Å²) in [7, 11) is 0. The highest BCUT2D eigenvalue weighted by atomic mass is 16.5. The van der Waals surface area contributed by atoms with Crippen LogP contribution in [0.15, 0.2) is 4.52 Å². The molecular weight excluding hydrogens is 220 g/mol. The van der Waals surface area contributed by atoms with Gasteiger partial charge < -0.3 is 14.5 Å². The van der Waals surface area contributed by atoms with Gasteiger partial charge in [-0.05, 0) is 26.2 Å². The normalized spacial score (nSPS) is 19.9. The topological polar surface area (TPSA) is 66.6 Å². The number of carbonyl (C=O) groups is 1. The molecule has 2 rings (SSSR count). The van der Waals surface area contributed by atoms with Crippen molar-refractivity contribution in [3.8, 4) is 0 Å². The second kappa shape index (κ2) is 4.87. The third-order valence-electron chi connectivity index (χ3n) is 3.33. The zero-order chi connectivity index (χ0) is 12.4. The molecule has 1 fully saturated rings. The fourth-order valence-electron chi connectivity index (χ4n) is 2.37. The van der Waals surface area contributed by atoms with E-state index in [1.165, 1.54) is 0 Å². The maximum Gasteiger partial charge on any atom is 0.259 e. The molecule has 2 heterocycles. The van der Waals surface area contributed by atoms with E-state index in [1.807, 2.05) is 6.92 Å². The molecule has 5 heteroatoms. The van der Waals surface area contributed by atoms with Crippen molar-refractivity contribution in [1.82, 2.24) is 10.1 Å². The molecule has 1 aliphatic heterocycles. The van der Waals surface area contributed by atoms with Gasteiger partial charge in [0.25, 0.3) is 5.91 Å². The van der Waals surface area contributed by atoms with E-state index in [0.29, 0.717) is 30.0 Å². The van der Waals surface area contributed by atoms with Gasteiger partial charge in [0.15, 0.2) is 0 Å². The highest BCUT2D eigenvalue weighted by Crippen LogP contribution is 2.23. The lowest BCUT2D eigenvalue weighted by Gasteiger charge is -2.22. The van der Waals surface area contributed by atoms with Crippen LogP contribution in [0.1, 0.15) is 41.6 Å². The number of hydrogen-bond donors (Lipinski definition) is 1. The van der Waals surface area contributed by atoms with Crippen molar-refractivity contribution in [2.45, 2.75) is 39.2 Å². The van der Waals surface area contributed by atoms with Crippen LogP contribution in [0, 0.1) is 6.92 Å². The van der Waals surface area contributed by atoms with Crippen LogP contribution in [0.5, 0.6) is 0 Å². The van der Waals surface area contributed by atoms with E-state index >= 15 is 0 Å². The number of likely N-dealkylation sites (tertiary alicyclic amines) is 1. The molecule has 1 saturated heterocycles. The Bertz CT molecular complexity index is 414. The summed E-state index contributed by atoms with van der Waals surface area (Å²) in [4.78, 5) is 14.1. The number of aliphatic hydroxyl groups is 1. The van der Waals surface area contributed by atoms with Crippen molar-refractivity contribution >= 4 is 5.91 Å². The first-order chi connectivity index (χ1) is 8.19. The summed E-state index contributed by atoms with van der Waals surface area (Å²) >= 11 is 0. The second-order valence-corrected chi connectivity index (χ2v) is 4.39. The molecule has 17 heavy (non-hydrogen) atoms. The standard InChI is InChI=1S/C12H18N2O3/c1-3-10-11(8(2)17-13-10)12(16)14-6-4-5-9(14)7-15/h9,15H,3-7H2,1-2H3/t9-/m0/s1. The van der Waals surface area contributed by atoms with Gasteiger partial charge in [0.05, 0.1) is 18.3 Å². The predicted molar refractivity (Wildman–Crippen MR) is 61.8 cm³/mol. The van der Waals surface area contributed by atoms with E-state index in [4.69, 9.17) is 4.52 Å². The van der Waals surface area contributed by atoms with Gasteiger partial charge in [-0.3, -0.25) is 4.79 Å². The molecule has 0 bridgehead atoms. The number of aliphatic hydroxyl groups excluding tert-OH is 1. The zero-order valence-electron chi connectivity index (χ0n) is 10.3. The van der Waals surface area contributed by atoms with Gasteiger partial charge >= 0.3 is 0 Å². The Morgan fingerprint density at radius 1 is 1.65 bits per heavy atom. The molecule has 0 spiro atoms. The van der Waals surface area contributed by atoms with E-state index in [9.17, 15) is 9.90 Å². The molecule has 1 aliphatic rings. The Hall–Kier alpha value is -1.36. The van der Waals surface area contributed by atoms with Gasteiger partial charge in [0.1, 0.15) is 11.3 Å². The van der Waals surface area contributed by atoms with Crippen LogP contribution >= 0.6 is 0 Å². The monoisotopic (exact) mass is 238 g/mol. The highest BCUT2D eigenvalue weighted by molar-refractivity contribution is 5.96. The number of aryl methyl sites for hydroxylation is 2. The Morgan fingerprint density at radius 2 is 2.41 bits per heavy atom. The maximum atomic E-state index is 12.4. The molecule has 0 aliphatic carbocycles. The highest BCUT2D eigenvalue weighted by Gasteiger charge is 2.32. The SMILES string of the molecule is CCc1noc(C)c1C(=O)N1CCC[C@H]1CO. The number of carbonyl (C=O) groups excluding carboxylic acids is 1. The van der Waals surface area contributed by atoms with Crippen LogP contribution in [-0.2, 0) is 6.42 Å². The summed E-state index contributed by atoms with van der Waals surface area (Å²) in [6.45, 7) is 4.43.